The number of amides is 2. The lowest BCUT2D eigenvalue weighted by Gasteiger charge is -2.39. The number of likely N-dealkylation sites (tertiary alicyclic amines) is 1. The number of piperidine rings is 1. The number of rotatable bonds is 5. The normalized spacial score (nSPS) is 17.9. The van der Waals surface area contributed by atoms with Crippen molar-refractivity contribution < 1.29 is 14.4 Å². The maximum atomic E-state index is 13.0. The zero-order valence-corrected chi connectivity index (χ0v) is 15.6. The van der Waals surface area contributed by atoms with E-state index in [-0.39, 0.29) is 23.6 Å². The third-order valence-corrected chi connectivity index (χ3v) is 4.99. The number of hydrogen-bond acceptors (Lipinski definition) is 3. The van der Waals surface area contributed by atoms with E-state index >= 15 is 0 Å². The van der Waals surface area contributed by atoms with Gasteiger partial charge in [0.25, 0.3) is 0 Å². The van der Waals surface area contributed by atoms with Gasteiger partial charge in [0, 0.05) is 23.8 Å². The molecule has 1 saturated heterocycles. The van der Waals surface area contributed by atoms with Gasteiger partial charge in [-0.15, -0.1) is 0 Å². The van der Waals surface area contributed by atoms with Crippen molar-refractivity contribution in [3.63, 3.8) is 0 Å². The number of carbonyl (C=O) groups is 3. The van der Waals surface area contributed by atoms with E-state index in [2.05, 4.69) is 12.2 Å². The first-order valence-corrected chi connectivity index (χ1v) is 9.01. The third-order valence-electron chi connectivity index (χ3n) is 4.99. The summed E-state index contributed by atoms with van der Waals surface area (Å²) in [6.07, 6.45) is 4.03. The Morgan fingerprint density at radius 2 is 1.96 bits per heavy atom. The number of hydrogen-bond donors (Lipinski definition) is 1. The van der Waals surface area contributed by atoms with Crippen LogP contribution in [0.15, 0.2) is 24.3 Å². The Kier molecular flexibility index (Phi) is 5.98. The van der Waals surface area contributed by atoms with Gasteiger partial charge in [-0.1, -0.05) is 19.1 Å². The predicted molar refractivity (Wildman–Crippen MR) is 98.5 cm³/mol. The molecule has 0 aromatic heterocycles. The zero-order valence-electron chi connectivity index (χ0n) is 15.6. The topological polar surface area (TPSA) is 66.5 Å². The zero-order chi connectivity index (χ0) is 18.6. The SMILES string of the molecule is CCC1CCCCN1C(=O)C(C)(C)C(=O)Nc1cccc(C(C)=O)c1. The predicted octanol–water partition coefficient (Wildman–Crippen LogP) is 3.65. The molecule has 5 heteroatoms. The van der Waals surface area contributed by atoms with Gasteiger partial charge in [0.15, 0.2) is 5.78 Å². The van der Waals surface area contributed by atoms with E-state index in [0.29, 0.717) is 17.8 Å². The number of anilines is 1. The van der Waals surface area contributed by atoms with Crippen LogP contribution in [-0.4, -0.2) is 35.1 Å². The summed E-state index contributed by atoms with van der Waals surface area (Å²) in [7, 11) is 0. The van der Waals surface area contributed by atoms with Gasteiger partial charge in [0.2, 0.25) is 11.8 Å². The number of nitrogens with one attached hydrogen (secondary N) is 1. The second kappa shape index (κ2) is 7.81. The van der Waals surface area contributed by atoms with Crippen molar-refractivity contribution in [2.45, 2.75) is 59.4 Å². The fraction of sp³-hybridized carbons (Fsp3) is 0.550. The van der Waals surface area contributed by atoms with Crippen molar-refractivity contribution in [2.75, 3.05) is 11.9 Å². The first-order chi connectivity index (χ1) is 11.8. The van der Waals surface area contributed by atoms with Crippen LogP contribution >= 0.6 is 0 Å². The molecule has 2 amide bonds. The minimum atomic E-state index is -1.16. The summed E-state index contributed by atoms with van der Waals surface area (Å²) in [5.74, 6) is -0.538. The molecule has 0 bridgehead atoms. The van der Waals surface area contributed by atoms with E-state index < -0.39 is 5.41 Å². The molecule has 2 rings (SSSR count). The fourth-order valence-electron chi connectivity index (χ4n) is 3.25. The Morgan fingerprint density at radius 3 is 2.60 bits per heavy atom. The molecule has 1 atom stereocenters. The molecule has 0 spiro atoms. The standard InChI is InChI=1S/C20H28N2O3/c1-5-17-11-6-7-12-22(17)19(25)20(3,4)18(24)21-16-10-8-9-15(13-16)14(2)23/h8-10,13,17H,5-7,11-12H2,1-4H3,(H,21,24). The van der Waals surface area contributed by atoms with E-state index in [4.69, 9.17) is 0 Å². The highest BCUT2D eigenvalue weighted by Crippen LogP contribution is 2.28. The largest absolute Gasteiger partial charge is 0.339 e. The van der Waals surface area contributed by atoms with Crippen molar-refractivity contribution in [1.29, 1.82) is 0 Å². The molecule has 1 unspecified atom stereocenters. The third kappa shape index (κ3) is 4.27. The maximum Gasteiger partial charge on any atom is 0.239 e. The molecular weight excluding hydrogens is 316 g/mol. The number of Topliss-reactive ketones (excluding diaryl/α,β-unsaturated/α-hetero) is 1. The van der Waals surface area contributed by atoms with Crippen molar-refractivity contribution in [3.05, 3.63) is 29.8 Å². The quantitative estimate of drug-likeness (QED) is 0.655. The van der Waals surface area contributed by atoms with Crippen molar-refractivity contribution in [1.82, 2.24) is 4.90 Å². The fourth-order valence-corrected chi connectivity index (χ4v) is 3.25. The Balaban J connectivity index is 2.14. The Hall–Kier alpha value is -2.17. The van der Waals surface area contributed by atoms with Crippen molar-refractivity contribution in [3.8, 4) is 0 Å². The summed E-state index contributed by atoms with van der Waals surface area (Å²) in [5.41, 5.74) is -0.0926. The van der Waals surface area contributed by atoms with Crippen LogP contribution in [0.1, 0.15) is 63.7 Å². The summed E-state index contributed by atoms with van der Waals surface area (Å²) in [5, 5.41) is 2.79. The Bertz CT molecular complexity index is 667. The smallest absolute Gasteiger partial charge is 0.239 e. The van der Waals surface area contributed by atoms with Crippen LogP contribution in [0.25, 0.3) is 0 Å². The van der Waals surface area contributed by atoms with Crippen LogP contribution in [0.4, 0.5) is 5.69 Å². The van der Waals surface area contributed by atoms with E-state index in [1.807, 2.05) is 4.90 Å². The average molecular weight is 344 g/mol. The Labute approximate surface area is 149 Å². The molecule has 1 aliphatic rings. The van der Waals surface area contributed by atoms with E-state index in [1.165, 1.54) is 6.92 Å². The van der Waals surface area contributed by atoms with Crippen molar-refractivity contribution in [2.24, 2.45) is 5.41 Å². The number of benzene rings is 1. The van der Waals surface area contributed by atoms with Gasteiger partial charge in [-0.3, -0.25) is 14.4 Å². The second-order valence-electron chi connectivity index (χ2n) is 7.27. The van der Waals surface area contributed by atoms with E-state index in [9.17, 15) is 14.4 Å². The van der Waals surface area contributed by atoms with Gasteiger partial charge in [0.1, 0.15) is 5.41 Å². The molecule has 1 aromatic carbocycles. The molecule has 0 aliphatic carbocycles. The first kappa shape index (κ1) is 19.2. The lowest BCUT2D eigenvalue weighted by Crippen LogP contribution is -2.52. The molecule has 136 valence electrons. The molecule has 1 aliphatic heterocycles. The van der Waals surface area contributed by atoms with Gasteiger partial charge in [0.05, 0.1) is 0 Å². The van der Waals surface area contributed by atoms with Gasteiger partial charge >= 0.3 is 0 Å². The number of nitrogens with zero attached hydrogens (tertiary/aromatic N) is 1. The van der Waals surface area contributed by atoms with E-state index in [1.54, 1.807) is 38.1 Å². The number of ketones is 1. The summed E-state index contributed by atoms with van der Waals surface area (Å²) in [6, 6.07) is 7.00. The van der Waals surface area contributed by atoms with Crippen LogP contribution < -0.4 is 5.32 Å². The molecule has 0 saturated carbocycles. The van der Waals surface area contributed by atoms with Crippen molar-refractivity contribution >= 4 is 23.3 Å². The molecular formula is C20H28N2O3. The van der Waals surface area contributed by atoms with Crippen LogP contribution in [0.2, 0.25) is 0 Å². The lowest BCUT2D eigenvalue weighted by atomic mass is 9.87. The van der Waals surface area contributed by atoms with Gasteiger partial charge in [-0.05, 0) is 58.6 Å². The first-order valence-electron chi connectivity index (χ1n) is 9.01. The van der Waals surface area contributed by atoms with E-state index in [0.717, 1.165) is 25.7 Å². The summed E-state index contributed by atoms with van der Waals surface area (Å²) < 4.78 is 0. The molecule has 1 heterocycles. The maximum absolute atomic E-state index is 13.0. The second-order valence-corrected chi connectivity index (χ2v) is 7.27. The summed E-state index contributed by atoms with van der Waals surface area (Å²) >= 11 is 0. The van der Waals surface area contributed by atoms with Crippen LogP contribution in [0.3, 0.4) is 0 Å². The lowest BCUT2D eigenvalue weighted by molar-refractivity contribution is -0.149. The van der Waals surface area contributed by atoms with Gasteiger partial charge in [-0.25, -0.2) is 0 Å². The summed E-state index contributed by atoms with van der Waals surface area (Å²) in [4.78, 5) is 39.1. The highest BCUT2D eigenvalue weighted by Gasteiger charge is 2.41. The van der Waals surface area contributed by atoms with Gasteiger partial charge < -0.3 is 10.2 Å². The molecule has 1 N–H and O–H groups in total. The van der Waals surface area contributed by atoms with Gasteiger partial charge in [-0.2, -0.15) is 0 Å². The average Bonchev–Trinajstić information content (AvgIpc) is 2.61. The van der Waals surface area contributed by atoms with Crippen LogP contribution in [0.5, 0.6) is 0 Å². The monoisotopic (exact) mass is 344 g/mol. The highest BCUT2D eigenvalue weighted by atomic mass is 16.2. The minimum absolute atomic E-state index is 0.0643. The molecule has 5 nitrogen and oxygen atoms in total. The molecule has 1 fully saturated rings. The number of carbonyl (C=O) groups excluding carboxylic acids is 3. The van der Waals surface area contributed by atoms with Crippen LogP contribution in [0, 0.1) is 5.41 Å². The Morgan fingerprint density at radius 1 is 1.24 bits per heavy atom. The minimum Gasteiger partial charge on any atom is -0.339 e. The highest BCUT2D eigenvalue weighted by molar-refractivity contribution is 6.10. The molecule has 25 heavy (non-hydrogen) atoms. The summed E-state index contributed by atoms with van der Waals surface area (Å²) in [6.45, 7) is 7.61. The molecule has 0 radical (unpaired) electrons. The van der Waals surface area contributed by atoms with Crippen LogP contribution in [-0.2, 0) is 9.59 Å². The molecule has 1 aromatic rings.